The van der Waals surface area contributed by atoms with Crippen molar-refractivity contribution in [3.63, 3.8) is 0 Å². The Morgan fingerprint density at radius 1 is 0.865 bits per heavy atom. The lowest BCUT2D eigenvalue weighted by molar-refractivity contribution is -0.120. The highest BCUT2D eigenvalue weighted by Gasteiger charge is 2.31. The van der Waals surface area contributed by atoms with Gasteiger partial charge in [0.05, 0.1) is 10.6 Å². The number of hydrogen-bond donors (Lipinski definition) is 2. The lowest BCUT2D eigenvalue weighted by atomic mass is 9.97. The van der Waals surface area contributed by atoms with Crippen LogP contribution in [-0.4, -0.2) is 40.1 Å². The van der Waals surface area contributed by atoms with Gasteiger partial charge >= 0.3 is 0 Å². The Hall–Kier alpha value is -2.44. The minimum absolute atomic E-state index is 0.0461. The van der Waals surface area contributed by atoms with Gasteiger partial charge in [-0.3, -0.25) is 9.52 Å². The van der Waals surface area contributed by atoms with Crippen molar-refractivity contribution in [2.75, 3.05) is 23.1 Å². The molecule has 0 spiro atoms. The summed E-state index contributed by atoms with van der Waals surface area (Å²) in [5.74, 6) is -0.645. The van der Waals surface area contributed by atoms with Crippen LogP contribution in [0.25, 0.3) is 0 Å². The molecule has 1 saturated heterocycles. The lowest BCUT2D eigenvalue weighted by Gasteiger charge is -2.30. The van der Waals surface area contributed by atoms with Crippen LogP contribution in [0.3, 0.4) is 0 Å². The molecule has 1 fully saturated rings. The third kappa shape index (κ3) is 7.32. The van der Waals surface area contributed by atoms with Gasteiger partial charge in [0.25, 0.3) is 10.0 Å². The molecule has 0 aliphatic carbocycles. The number of anilines is 2. The van der Waals surface area contributed by atoms with Gasteiger partial charge in [-0.25, -0.2) is 21.1 Å². The second kappa shape index (κ2) is 11.5. The molecule has 3 aromatic carbocycles. The number of nitrogens with one attached hydrogen (secondary N) is 2. The Kier molecular flexibility index (Phi) is 8.59. The average molecular weight is 627 g/mol. The minimum Gasteiger partial charge on any atom is -0.326 e. The van der Waals surface area contributed by atoms with Gasteiger partial charge in [-0.15, -0.1) is 0 Å². The second-order valence-corrected chi connectivity index (χ2v) is 13.7. The SMILES string of the molecule is O=C(Nc1ccc(S(=O)(=O)Nc2ccc(Cl)cc2)cc1)C1CCN(S(=O)(=O)Cc2ccc(Br)cc2)CC1. The first-order valence-corrected chi connectivity index (χ1v) is 15.7. The van der Waals surface area contributed by atoms with E-state index in [0.29, 0.717) is 34.8 Å². The molecule has 196 valence electrons. The first-order chi connectivity index (χ1) is 17.5. The van der Waals surface area contributed by atoms with Crippen molar-refractivity contribution in [1.29, 1.82) is 0 Å². The Labute approximate surface area is 230 Å². The average Bonchev–Trinajstić information content (AvgIpc) is 2.87. The van der Waals surface area contributed by atoms with Crippen LogP contribution in [0, 0.1) is 5.92 Å². The van der Waals surface area contributed by atoms with E-state index in [1.54, 1.807) is 48.5 Å². The van der Waals surface area contributed by atoms with Gasteiger partial charge in [0.2, 0.25) is 15.9 Å². The maximum absolute atomic E-state index is 12.8. The van der Waals surface area contributed by atoms with E-state index in [9.17, 15) is 21.6 Å². The second-order valence-electron chi connectivity index (χ2n) is 8.68. The third-order valence-corrected chi connectivity index (χ3v) is 10.0. The zero-order valence-corrected chi connectivity index (χ0v) is 23.6. The number of piperidine rings is 1. The van der Waals surface area contributed by atoms with Crippen LogP contribution in [0.5, 0.6) is 0 Å². The molecular formula is C25H25BrClN3O5S2. The number of rotatable bonds is 8. The van der Waals surface area contributed by atoms with E-state index in [4.69, 9.17) is 11.6 Å². The summed E-state index contributed by atoms with van der Waals surface area (Å²) in [6.07, 6.45) is 0.811. The number of carbonyl (C=O) groups excluding carboxylic acids is 1. The van der Waals surface area contributed by atoms with Crippen molar-refractivity contribution in [1.82, 2.24) is 4.31 Å². The molecule has 1 aliphatic rings. The van der Waals surface area contributed by atoms with Crippen molar-refractivity contribution in [2.45, 2.75) is 23.5 Å². The van der Waals surface area contributed by atoms with Crippen molar-refractivity contribution < 1.29 is 21.6 Å². The van der Waals surface area contributed by atoms with E-state index in [1.165, 1.54) is 28.6 Å². The summed E-state index contributed by atoms with van der Waals surface area (Å²) in [5.41, 5.74) is 1.55. The van der Waals surface area contributed by atoms with Crippen LogP contribution in [0.4, 0.5) is 11.4 Å². The highest BCUT2D eigenvalue weighted by Crippen LogP contribution is 2.25. The first-order valence-electron chi connectivity index (χ1n) is 11.4. The van der Waals surface area contributed by atoms with E-state index in [1.807, 2.05) is 0 Å². The summed E-state index contributed by atoms with van der Waals surface area (Å²) in [5, 5.41) is 3.30. The predicted molar refractivity (Wildman–Crippen MR) is 148 cm³/mol. The number of carbonyl (C=O) groups is 1. The smallest absolute Gasteiger partial charge is 0.261 e. The normalized spacial score (nSPS) is 15.3. The number of benzene rings is 3. The van der Waals surface area contributed by atoms with Gasteiger partial charge < -0.3 is 5.32 Å². The molecule has 0 radical (unpaired) electrons. The zero-order chi connectivity index (χ0) is 26.6. The number of nitrogens with zero attached hydrogens (tertiary/aromatic N) is 1. The fraction of sp³-hybridized carbons (Fsp3) is 0.240. The molecule has 4 rings (SSSR count). The predicted octanol–water partition coefficient (Wildman–Crippen LogP) is 5.08. The number of hydrogen-bond acceptors (Lipinski definition) is 5. The number of halogens is 2. The van der Waals surface area contributed by atoms with E-state index in [0.717, 1.165) is 4.47 Å². The van der Waals surface area contributed by atoms with Gasteiger partial charge in [0.15, 0.2) is 0 Å². The quantitative estimate of drug-likeness (QED) is 0.362. The van der Waals surface area contributed by atoms with Crippen molar-refractivity contribution in [2.24, 2.45) is 5.92 Å². The summed E-state index contributed by atoms with van der Waals surface area (Å²) in [6, 6.07) is 19.3. The molecule has 0 aromatic heterocycles. The van der Waals surface area contributed by atoms with Crippen LogP contribution >= 0.6 is 27.5 Å². The monoisotopic (exact) mass is 625 g/mol. The maximum atomic E-state index is 12.8. The van der Waals surface area contributed by atoms with E-state index >= 15 is 0 Å². The Balaban J connectivity index is 1.30. The molecule has 12 heteroatoms. The van der Waals surface area contributed by atoms with E-state index < -0.39 is 20.0 Å². The summed E-state index contributed by atoms with van der Waals surface area (Å²) >= 11 is 9.17. The highest BCUT2D eigenvalue weighted by molar-refractivity contribution is 9.10. The first kappa shape index (κ1) is 27.6. The summed E-state index contributed by atoms with van der Waals surface area (Å²) in [4.78, 5) is 12.8. The van der Waals surface area contributed by atoms with Crippen LogP contribution in [0.1, 0.15) is 18.4 Å². The summed E-state index contributed by atoms with van der Waals surface area (Å²) in [7, 11) is -7.29. The molecular weight excluding hydrogens is 602 g/mol. The van der Waals surface area contributed by atoms with E-state index in [-0.39, 0.29) is 35.6 Å². The van der Waals surface area contributed by atoms with Crippen molar-refractivity contribution in [3.05, 3.63) is 87.9 Å². The third-order valence-electron chi connectivity index (χ3n) is 6.01. The van der Waals surface area contributed by atoms with E-state index in [2.05, 4.69) is 26.0 Å². The maximum Gasteiger partial charge on any atom is 0.261 e. The summed E-state index contributed by atoms with van der Waals surface area (Å²) in [6.45, 7) is 0.537. The fourth-order valence-corrected chi connectivity index (χ4v) is 6.98. The molecule has 37 heavy (non-hydrogen) atoms. The molecule has 0 unspecified atom stereocenters. The number of sulfonamides is 2. The van der Waals surface area contributed by atoms with Gasteiger partial charge in [-0.05, 0) is 79.1 Å². The largest absolute Gasteiger partial charge is 0.326 e. The fourth-order valence-electron chi connectivity index (χ4n) is 3.97. The van der Waals surface area contributed by atoms with Gasteiger partial charge in [-0.1, -0.05) is 39.7 Å². The van der Waals surface area contributed by atoms with Crippen LogP contribution in [0.15, 0.2) is 82.2 Å². The van der Waals surface area contributed by atoms with Gasteiger partial charge in [0.1, 0.15) is 0 Å². The van der Waals surface area contributed by atoms with Gasteiger partial charge in [0, 0.05) is 39.9 Å². The van der Waals surface area contributed by atoms with Crippen LogP contribution in [-0.2, 0) is 30.6 Å². The van der Waals surface area contributed by atoms with Crippen LogP contribution in [0.2, 0.25) is 5.02 Å². The minimum atomic E-state index is -3.81. The van der Waals surface area contributed by atoms with Gasteiger partial charge in [-0.2, -0.15) is 0 Å². The molecule has 0 atom stereocenters. The molecule has 8 nitrogen and oxygen atoms in total. The Bertz CT molecular complexity index is 1460. The molecule has 1 amide bonds. The number of amides is 1. The molecule has 0 saturated carbocycles. The molecule has 1 heterocycles. The molecule has 2 N–H and O–H groups in total. The molecule has 1 aliphatic heterocycles. The van der Waals surface area contributed by atoms with Crippen LogP contribution < -0.4 is 10.0 Å². The summed E-state index contributed by atoms with van der Waals surface area (Å²) < 4.78 is 55.6. The zero-order valence-electron chi connectivity index (χ0n) is 19.6. The molecule has 3 aromatic rings. The lowest BCUT2D eigenvalue weighted by Crippen LogP contribution is -2.41. The topological polar surface area (TPSA) is 113 Å². The standard InChI is InChI=1S/C25H25BrClN3O5S2/c26-20-3-1-18(2-4-20)17-36(32,33)30-15-13-19(14-16-30)25(31)28-22-9-11-24(12-10-22)37(34,35)29-23-7-5-21(27)6-8-23/h1-12,19,29H,13-17H2,(H,28,31). The Morgan fingerprint density at radius 3 is 2.03 bits per heavy atom. The molecule has 0 bridgehead atoms. The van der Waals surface area contributed by atoms with Crippen molar-refractivity contribution in [3.8, 4) is 0 Å². The van der Waals surface area contributed by atoms with Crippen molar-refractivity contribution >= 4 is 64.9 Å². The highest BCUT2D eigenvalue weighted by atomic mass is 79.9. The Morgan fingerprint density at radius 2 is 1.43 bits per heavy atom.